The molecule has 5 nitrogen and oxygen atoms in total. The van der Waals surface area contributed by atoms with Gasteiger partial charge in [-0.15, -0.1) is 6.58 Å². The number of likely N-dealkylation sites (tertiary alicyclic amines) is 1. The van der Waals surface area contributed by atoms with Gasteiger partial charge in [-0.2, -0.15) is 0 Å². The summed E-state index contributed by atoms with van der Waals surface area (Å²) in [4.78, 5) is 13.9. The number of fused-ring (bicyclic) bond motifs is 1. The van der Waals surface area contributed by atoms with E-state index < -0.39 is 0 Å². The number of ether oxygens (including phenoxy) is 3. The number of methoxy groups -OCH3 is 1. The van der Waals surface area contributed by atoms with E-state index in [4.69, 9.17) is 14.2 Å². The number of piperidine rings is 1. The predicted molar refractivity (Wildman–Crippen MR) is 75.5 cm³/mol. The summed E-state index contributed by atoms with van der Waals surface area (Å²) in [5.74, 6) is 0.0552. The molecule has 2 aliphatic heterocycles. The number of amides is 1. The third kappa shape index (κ3) is 3.40. The van der Waals surface area contributed by atoms with Crippen molar-refractivity contribution in [3.63, 3.8) is 0 Å². The van der Waals surface area contributed by atoms with E-state index >= 15 is 0 Å². The lowest BCUT2D eigenvalue weighted by Gasteiger charge is -2.50. The second-order valence-corrected chi connectivity index (χ2v) is 5.67. The number of hydrogen-bond acceptors (Lipinski definition) is 4. The minimum Gasteiger partial charge on any atom is -0.377 e. The maximum Gasteiger partial charge on any atom is 0.248 e. The highest BCUT2D eigenvalue weighted by atomic mass is 16.5. The second kappa shape index (κ2) is 7.20. The fraction of sp³-hybridized carbons (Fsp3) is 0.800. The van der Waals surface area contributed by atoms with Crippen LogP contribution >= 0.6 is 0 Å². The first-order valence-corrected chi connectivity index (χ1v) is 7.29. The molecular weight excluding hydrogens is 258 g/mol. The fourth-order valence-electron chi connectivity index (χ4n) is 3.27. The topological polar surface area (TPSA) is 48.0 Å². The summed E-state index contributed by atoms with van der Waals surface area (Å²) in [6.07, 6.45) is 4.91. The number of hydrogen-bond donors (Lipinski definition) is 0. The van der Waals surface area contributed by atoms with E-state index in [1.54, 1.807) is 13.2 Å². The van der Waals surface area contributed by atoms with Crippen LogP contribution in [0.3, 0.4) is 0 Å². The van der Waals surface area contributed by atoms with Crippen LogP contribution in [0.25, 0.3) is 0 Å². The lowest BCUT2D eigenvalue weighted by molar-refractivity contribution is -0.165. The van der Waals surface area contributed by atoms with Gasteiger partial charge in [0, 0.05) is 32.2 Å². The van der Waals surface area contributed by atoms with Gasteiger partial charge < -0.3 is 19.1 Å². The molecule has 2 heterocycles. The summed E-state index contributed by atoms with van der Waals surface area (Å²) >= 11 is 0. The van der Waals surface area contributed by atoms with Crippen LogP contribution in [-0.4, -0.2) is 63.5 Å². The van der Waals surface area contributed by atoms with Gasteiger partial charge in [0.2, 0.25) is 5.91 Å². The van der Waals surface area contributed by atoms with Crippen LogP contribution in [0.2, 0.25) is 0 Å². The number of carbonyl (C=O) groups is 1. The van der Waals surface area contributed by atoms with Gasteiger partial charge >= 0.3 is 0 Å². The Morgan fingerprint density at radius 1 is 1.60 bits per heavy atom. The largest absolute Gasteiger partial charge is 0.377 e. The Morgan fingerprint density at radius 3 is 3.20 bits per heavy atom. The van der Waals surface area contributed by atoms with Crippen molar-refractivity contribution < 1.29 is 19.0 Å². The molecule has 20 heavy (non-hydrogen) atoms. The van der Waals surface area contributed by atoms with E-state index in [1.807, 2.05) is 4.90 Å². The first kappa shape index (κ1) is 15.5. The van der Waals surface area contributed by atoms with Gasteiger partial charge in [-0.05, 0) is 19.3 Å². The molecule has 2 unspecified atom stereocenters. The zero-order valence-electron chi connectivity index (χ0n) is 12.3. The van der Waals surface area contributed by atoms with E-state index in [1.165, 1.54) is 0 Å². The molecule has 0 aromatic carbocycles. The maximum atomic E-state index is 12.0. The fourth-order valence-corrected chi connectivity index (χ4v) is 3.27. The van der Waals surface area contributed by atoms with E-state index in [-0.39, 0.29) is 24.0 Å². The number of nitrogens with zero attached hydrogens (tertiary/aromatic N) is 1. The Morgan fingerprint density at radius 2 is 2.45 bits per heavy atom. The van der Waals surface area contributed by atoms with Crippen LogP contribution in [-0.2, 0) is 19.0 Å². The lowest BCUT2D eigenvalue weighted by Crippen LogP contribution is -2.58. The molecule has 2 aliphatic rings. The van der Waals surface area contributed by atoms with Crippen molar-refractivity contribution in [3.05, 3.63) is 12.7 Å². The van der Waals surface area contributed by atoms with Crippen molar-refractivity contribution in [2.45, 2.75) is 25.4 Å². The lowest BCUT2D eigenvalue weighted by atomic mass is 9.73. The molecule has 0 bridgehead atoms. The average molecular weight is 283 g/mol. The smallest absolute Gasteiger partial charge is 0.248 e. The Hall–Kier alpha value is -0.910. The van der Waals surface area contributed by atoms with Gasteiger partial charge in [0.05, 0.1) is 19.3 Å². The van der Waals surface area contributed by atoms with Gasteiger partial charge in [-0.3, -0.25) is 4.79 Å². The highest BCUT2D eigenvalue weighted by molar-refractivity contribution is 5.77. The molecule has 0 aromatic heterocycles. The third-order valence-corrected chi connectivity index (χ3v) is 4.23. The summed E-state index contributed by atoms with van der Waals surface area (Å²) in [5, 5.41) is 0. The number of rotatable bonds is 6. The van der Waals surface area contributed by atoms with Crippen molar-refractivity contribution in [3.8, 4) is 0 Å². The van der Waals surface area contributed by atoms with E-state index in [2.05, 4.69) is 6.58 Å². The van der Waals surface area contributed by atoms with Gasteiger partial charge in [-0.25, -0.2) is 0 Å². The summed E-state index contributed by atoms with van der Waals surface area (Å²) < 4.78 is 16.6. The van der Waals surface area contributed by atoms with Crippen LogP contribution in [0.1, 0.15) is 19.3 Å². The van der Waals surface area contributed by atoms with Crippen LogP contribution in [0.4, 0.5) is 0 Å². The molecule has 0 aromatic rings. The molecule has 0 N–H and O–H groups in total. The highest BCUT2D eigenvalue weighted by Gasteiger charge is 2.47. The molecule has 2 rings (SSSR count). The molecule has 114 valence electrons. The Labute approximate surface area is 120 Å². The average Bonchev–Trinajstić information content (AvgIpc) is 2.47. The number of carbonyl (C=O) groups excluding carboxylic acids is 1. The monoisotopic (exact) mass is 283 g/mol. The van der Waals surface area contributed by atoms with Gasteiger partial charge in [0.1, 0.15) is 6.61 Å². The minimum absolute atomic E-state index is 0.0552. The van der Waals surface area contributed by atoms with Crippen LogP contribution in [0.15, 0.2) is 12.7 Å². The molecule has 2 fully saturated rings. The Balaban J connectivity index is 2.03. The SMILES string of the molecule is C=CCOCC12CCCOC1CCN(C(=O)COC)C2. The molecule has 0 radical (unpaired) electrons. The summed E-state index contributed by atoms with van der Waals surface area (Å²) in [7, 11) is 1.55. The van der Waals surface area contributed by atoms with Crippen LogP contribution in [0, 0.1) is 5.41 Å². The van der Waals surface area contributed by atoms with Crippen molar-refractivity contribution >= 4 is 5.91 Å². The first-order chi connectivity index (χ1) is 9.72. The van der Waals surface area contributed by atoms with Crippen molar-refractivity contribution in [1.29, 1.82) is 0 Å². The van der Waals surface area contributed by atoms with Gasteiger partial charge in [0.15, 0.2) is 0 Å². The van der Waals surface area contributed by atoms with Crippen LogP contribution < -0.4 is 0 Å². The quantitative estimate of drug-likeness (QED) is 0.543. The molecule has 2 saturated heterocycles. The molecule has 5 heteroatoms. The molecule has 1 amide bonds. The predicted octanol–water partition coefficient (Wildman–Crippen LogP) is 1.23. The summed E-state index contributed by atoms with van der Waals surface area (Å²) in [5.41, 5.74) is -0.0666. The van der Waals surface area contributed by atoms with Crippen LogP contribution in [0.5, 0.6) is 0 Å². The van der Waals surface area contributed by atoms with Crippen molar-refractivity contribution in [1.82, 2.24) is 4.90 Å². The summed E-state index contributed by atoms with van der Waals surface area (Å²) in [6.45, 7) is 7.26. The zero-order chi connectivity index (χ0) is 14.4. The van der Waals surface area contributed by atoms with Crippen molar-refractivity contribution in [2.75, 3.05) is 46.6 Å². The standard InChI is InChI=1S/C15H25NO4/c1-3-8-19-12-15-6-4-9-20-13(15)5-7-16(11-15)14(17)10-18-2/h3,13H,1,4-12H2,2H3. The zero-order valence-corrected chi connectivity index (χ0v) is 12.3. The Bertz CT molecular complexity index is 347. The second-order valence-electron chi connectivity index (χ2n) is 5.67. The third-order valence-electron chi connectivity index (χ3n) is 4.23. The maximum absolute atomic E-state index is 12.0. The van der Waals surface area contributed by atoms with E-state index in [0.29, 0.717) is 19.8 Å². The molecule has 2 atom stereocenters. The van der Waals surface area contributed by atoms with E-state index in [0.717, 1.165) is 32.4 Å². The Kier molecular flexibility index (Phi) is 5.57. The highest BCUT2D eigenvalue weighted by Crippen LogP contribution is 2.40. The van der Waals surface area contributed by atoms with Gasteiger partial charge in [-0.1, -0.05) is 6.08 Å². The summed E-state index contributed by atoms with van der Waals surface area (Å²) in [6, 6.07) is 0. The first-order valence-electron chi connectivity index (χ1n) is 7.29. The molecule has 0 saturated carbocycles. The minimum atomic E-state index is -0.0666. The normalized spacial score (nSPS) is 29.9. The van der Waals surface area contributed by atoms with Gasteiger partial charge in [0.25, 0.3) is 0 Å². The van der Waals surface area contributed by atoms with E-state index in [9.17, 15) is 4.79 Å². The molecule has 0 aliphatic carbocycles. The molecular formula is C15H25NO4. The van der Waals surface area contributed by atoms with Crippen molar-refractivity contribution in [2.24, 2.45) is 5.41 Å². The molecule has 0 spiro atoms.